The van der Waals surface area contributed by atoms with Gasteiger partial charge in [-0.2, -0.15) is 4.80 Å². The fourth-order valence-electron chi connectivity index (χ4n) is 2.17. The number of aromatic nitrogens is 4. The predicted molar refractivity (Wildman–Crippen MR) is 58.6 cm³/mol. The molecule has 1 fully saturated rings. The maximum Gasteiger partial charge on any atom is 0.266 e. The van der Waals surface area contributed by atoms with Crippen molar-refractivity contribution in [3.05, 3.63) is 0 Å². The number of hydrogen-bond donors (Lipinski definition) is 0. The molecule has 0 spiro atoms. The van der Waals surface area contributed by atoms with Crippen molar-refractivity contribution in [2.75, 3.05) is 18.0 Å². The zero-order valence-electron chi connectivity index (χ0n) is 9.72. The van der Waals surface area contributed by atoms with Crippen LogP contribution in [0.25, 0.3) is 0 Å². The second kappa shape index (κ2) is 4.16. The van der Waals surface area contributed by atoms with Gasteiger partial charge in [0.15, 0.2) is 0 Å². The Morgan fingerprint density at radius 1 is 1.27 bits per heavy atom. The van der Waals surface area contributed by atoms with Crippen molar-refractivity contribution < 1.29 is 0 Å². The van der Waals surface area contributed by atoms with Crippen molar-refractivity contribution in [2.45, 2.75) is 26.7 Å². The van der Waals surface area contributed by atoms with Gasteiger partial charge in [0.05, 0.1) is 7.05 Å². The van der Waals surface area contributed by atoms with Crippen LogP contribution < -0.4 is 4.90 Å². The quantitative estimate of drug-likeness (QED) is 0.731. The normalized spacial score (nSPS) is 18.8. The molecule has 0 amide bonds. The van der Waals surface area contributed by atoms with E-state index in [1.807, 2.05) is 0 Å². The third kappa shape index (κ3) is 2.27. The first-order chi connectivity index (χ1) is 7.16. The monoisotopic (exact) mass is 209 g/mol. The van der Waals surface area contributed by atoms with Gasteiger partial charge in [0, 0.05) is 13.1 Å². The molecule has 1 saturated heterocycles. The van der Waals surface area contributed by atoms with E-state index in [-0.39, 0.29) is 0 Å². The van der Waals surface area contributed by atoms with Gasteiger partial charge in [-0.25, -0.2) is 0 Å². The van der Waals surface area contributed by atoms with E-state index in [0.717, 1.165) is 30.9 Å². The van der Waals surface area contributed by atoms with Crippen LogP contribution in [0.1, 0.15) is 26.7 Å². The minimum absolute atomic E-state index is 0.778. The Bertz CT molecular complexity index is 311. The summed E-state index contributed by atoms with van der Waals surface area (Å²) in [5.41, 5.74) is 0. The number of rotatable bonds is 2. The van der Waals surface area contributed by atoms with Crippen LogP contribution in [-0.2, 0) is 7.05 Å². The molecule has 1 aliphatic heterocycles. The first kappa shape index (κ1) is 10.4. The van der Waals surface area contributed by atoms with E-state index < -0.39 is 0 Å². The van der Waals surface area contributed by atoms with Gasteiger partial charge in [-0.05, 0) is 29.9 Å². The molecule has 1 aromatic heterocycles. The molecule has 5 heteroatoms. The van der Waals surface area contributed by atoms with Gasteiger partial charge in [-0.1, -0.05) is 18.9 Å². The molecule has 2 heterocycles. The van der Waals surface area contributed by atoms with Gasteiger partial charge in [-0.3, -0.25) is 0 Å². The number of piperidine rings is 1. The topological polar surface area (TPSA) is 46.8 Å². The zero-order chi connectivity index (χ0) is 10.8. The summed E-state index contributed by atoms with van der Waals surface area (Å²) in [6.45, 7) is 6.74. The third-order valence-electron chi connectivity index (χ3n) is 3.26. The van der Waals surface area contributed by atoms with Crippen LogP contribution in [0.5, 0.6) is 0 Å². The SMILES string of the molecule is CC(C)C1CCN(c2nnn(C)n2)CC1. The molecule has 1 aliphatic rings. The molecule has 84 valence electrons. The number of hydrogen-bond acceptors (Lipinski definition) is 4. The highest BCUT2D eigenvalue weighted by Crippen LogP contribution is 2.25. The lowest BCUT2D eigenvalue weighted by Crippen LogP contribution is -2.35. The number of nitrogens with zero attached hydrogens (tertiary/aromatic N) is 5. The van der Waals surface area contributed by atoms with Crippen molar-refractivity contribution in [2.24, 2.45) is 18.9 Å². The van der Waals surface area contributed by atoms with Gasteiger partial charge in [0.2, 0.25) is 0 Å². The second-order valence-corrected chi connectivity index (χ2v) is 4.65. The van der Waals surface area contributed by atoms with Crippen LogP contribution in [0, 0.1) is 11.8 Å². The molecule has 0 saturated carbocycles. The molecule has 0 N–H and O–H groups in total. The number of aryl methyl sites for hydroxylation is 1. The minimum atomic E-state index is 0.778. The summed E-state index contributed by atoms with van der Waals surface area (Å²) in [6.07, 6.45) is 2.49. The Balaban J connectivity index is 1.93. The smallest absolute Gasteiger partial charge is 0.266 e. The Hall–Kier alpha value is -1.13. The Kier molecular flexibility index (Phi) is 2.88. The van der Waals surface area contributed by atoms with E-state index in [1.165, 1.54) is 17.6 Å². The maximum atomic E-state index is 4.22. The first-order valence-corrected chi connectivity index (χ1v) is 5.66. The van der Waals surface area contributed by atoms with E-state index >= 15 is 0 Å². The van der Waals surface area contributed by atoms with Crippen LogP contribution in [0.3, 0.4) is 0 Å². The molecule has 2 rings (SSSR count). The highest BCUT2D eigenvalue weighted by molar-refractivity contribution is 5.26. The van der Waals surface area contributed by atoms with Crippen molar-refractivity contribution in [3.63, 3.8) is 0 Å². The zero-order valence-corrected chi connectivity index (χ0v) is 9.72. The highest BCUT2D eigenvalue weighted by Gasteiger charge is 2.23. The molecule has 0 radical (unpaired) electrons. The summed E-state index contributed by atoms with van der Waals surface area (Å²) in [6, 6.07) is 0. The van der Waals surface area contributed by atoms with E-state index in [4.69, 9.17) is 0 Å². The van der Waals surface area contributed by atoms with Gasteiger partial charge >= 0.3 is 0 Å². The average molecular weight is 209 g/mol. The van der Waals surface area contributed by atoms with E-state index in [9.17, 15) is 0 Å². The van der Waals surface area contributed by atoms with Crippen molar-refractivity contribution in [1.29, 1.82) is 0 Å². The van der Waals surface area contributed by atoms with Crippen LogP contribution in [0.15, 0.2) is 0 Å². The lowest BCUT2D eigenvalue weighted by molar-refractivity contribution is 0.310. The molecule has 15 heavy (non-hydrogen) atoms. The fourth-order valence-corrected chi connectivity index (χ4v) is 2.17. The summed E-state index contributed by atoms with van der Waals surface area (Å²) in [7, 11) is 1.80. The van der Waals surface area contributed by atoms with Gasteiger partial charge in [0.1, 0.15) is 0 Å². The van der Waals surface area contributed by atoms with Crippen molar-refractivity contribution in [1.82, 2.24) is 20.2 Å². The average Bonchev–Trinajstić information content (AvgIpc) is 2.65. The first-order valence-electron chi connectivity index (χ1n) is 5.66. The molecule has 0 unspecified atom stereocenters. The fraction of sp³-hybridized carbons (Fsp3) is 0.900. The molecule has 0 aliphatic carbocycles. The Morgan fingerprint density at radius 3 is 2.40 bits per heavy atom. The lowest BCUT2D eigenvalue weighted by atomic mass is 9.87. The van der Waals surface area contributed by atoms with Crippen LogP contribution in [0.4, 0.5) is 5.95 Å². The minimum Gasteiger partial charge on any atom is -0.338 e. The summed E-state index contributed by atoms with van der Waals surface area (Å²) < 4.78 is 0. The van der Waals surface area contributed by atoms with E-state index in [1.54, 1.807) is 7.05 Å². The Morgan fingerprint density at radius 2 is 1.93 bits per heavy atom. The molecule has 0 bridgehead atoms. The van der Waals surface area contributed by atoms with E-state index in [2.05, 4.69) is 34.2 Å². The summed E-state index contributed by atoms with van der Waals surface area (Å²) in [4.78, 5) is 3.75. The summed E-state index contributed by atoms with van der Waals surface area (Å²) >= 11 is 0. The molecule has 1 aromatic rings. The molecule has 5 nitrogen and oxygen atoms in total. The highest BCUT2D eigenvalue weighted by atomic mass is 15.6. The van der Waals surface area contributed by atoms with Crippen molar-refractivity contribution >= 4 is 5.95 Å². The van der Waals surface area contributed by atoms with Crippen LogP contribution in [0.2, 0.25) is 0 Å². The predicted octanol–water partition coefficient (Wildman–Crippen LogP) is 1.08. The van der Waals surface area contributed by atoms with Gasteiger partial charge < -0.3 is 4.90 Å². The molecular weight excluding hydrogens is 190 g/mol. The van der Waals surface area contributed by atoms with Crippen LogP contribution >= 0.6 is 0 Å². The third-order valence-corrected chi connectivity index (χ3v) is 3.26. The lowest BCUT2D eigenvalue weighted by Gasteiger charge is -2.32. The molecule has 0 atom stereocenters. The molecular formula is C10H19N5. The number of anilines is 1. The standard InChI is InChI=1S/C10H19N5/c1-8(2)9-4-6-15(7-5-9)10-11-13-14(3)12-10/h8-9H,4-7H2,1-3H3. The summed E-state index contributed by atoms with van der Waals surface area (Å²) in [5.74, 6) is 2.43. The van der Waals surface area contributed by atoms with Gasteiger partial charge in [0.25, 0.3) is 5.95 Å². The Labute approximate surface area is 90.5 Å². The summed E-state index contributed by atoms with van der Waals surface area (Å²) in [5, 5.41) is 12.1. The second-order valence-electron chi connectivity index (χ2n) is 4.65. The van der Waals surface area contributed by atoms with E-state index in [0.29, 0.717) is 0 Å². The van der Waals surface area contributed by atoms with Gasteiger partial charge in [-0.15, -0.1) is 5.10 Å². The maximum absolute atomic E-state index is 4.22. The number of tetrazole rings is 1. The largest absolute Gasteiger partial charge is 0.338 e. The van der Waals surface area contributed by atoms with Crippen LogP contribution in [-0.4, -0.2) is 33.3 Å². The molecule has 0 aromatic carbocycles. The van der Waals surface area contributed by atoms with Crippen molar-refractivity contribution in [3.8, 4) is 0 Å².